The summed E-state index contributed by atoms with van der Waals surface area (Å²) in [7, 11) is 0. The molecule has 158 valence electrons. The second-order valence-electron chi connectivity index (χ2n) is 8.52. The monoisotopic (exact) mass is 551 g/mol. The summed E-state index contributed by atoms with van der Waals surface area (Å²) in [4.78, 5) is 29.3. The van der Waals surface area contributed by atoms with Gasteiger partial charge in [-0.25, -0.2) is 4.90 Å². The molecule has 0 unspecified atom stereocenters. The van der Waals surface area contributed by atoms with Gasteiger partial charge in [0.05, 0.1) is 26.2 Å². The molecule has 2 amide bonds. The molecule has 8 rings (SSSR count). The van der Waals surface area contributed by atoms with Crippen LogP contribution >= 0.6 is 31.9 Å². The lowest BCUT2D eigenvalue weighted by Crippen LogP contribution is -2.56. The lowest BCUT2D eigenvalue weighted by Gasteiger charge is -2.55. The molecule has 7 heteroatoms. The summed E-state index contributed by atoms with van der Waals surface area (Å²) in [6.07, 6.45) is 0. The molecule has 2 heterocycles. The maximum atomic E-state index is 14.0. The molecule has 2 atom stereocenters. The molecule has 0 radical (unpaired) electrons. The predicted octanol–water partition coefficient (Wildman–Crippen LogP) is 4.83. The predicted molar refractivity (Wildman–Crippen MR) is 124 cm³/mol. The Morgan fingerprint density at radius 2 is 1.19 bits per heavy atom. The molecular formula is C25H15Br2NO4. The van der Waals surface area contributed by atoms with Gasteiger partial charge in [0, 0.05) is 6.07 Å². The molecule has 32 heavy (non-hydrogen) atoms. The summed E-state index contributed by atoms with van der Waals surface area (Å²) < 4.78 is 9.31. The minimum absolute atomic E-state index is 0.131. The van der Waals surface area contributed by atoms with Crippen LogP contribution in [0.3, 0.4) is 0 Å². The number of nitrogens with zero attached hydrogens (tertiary/aromatic N) is 1. The summed E-state index contributed by atoms with van der Waals surface area (Å²) in [5.74, 6) is -0.477. The summed E-state index contributed by atoms with van der Waals surface area (Å²) in [6.45, 7) is 0.131. The minimum Gasteiger partial charge on any atom is -0.454 e. The fraction of sp³-hybridized carbons (Fsp3) is 0.200. The Bertz CT molecular complexity index is 1250. The van der Waals surface area contributed by atoms with E-state index in [-0.39, 0.29) is 18.6 Å². The zero-order valence-corrected chi connectivity index (χ0v) is 19.7. The zero-order valence-electron chi connectivity index (χ0n) is 16.5. The Hall–Kier alpha value is -2.64. The van der Waals surface area contributed by atoms with Crippen LogP contribution < -0.4 is 14.4 Å². The highest BCUT2D eigenvalue weighted by atomic mass is 79.9. The summed E-state index contributed by atoms with van der Waals surface area (Å²) >= 11 is 8.03. The number of carbonyl (C=O) groups excluding carboxylic acids is 2. The van der Waals surface area contributed by atoms with Crippen molar-refractivity contribution in [2.75, 3.05) is 11.7 Å². The number of benzene rings is 3. The molecule has 3 aromatic carbocycles. The minimum atomic E-state index is -0.793. The van der Waals surface area contributed by atoms with Crippen LogP contribution in [0.15, 0.2) is 66.7 Å². The number of halogens is 2. The van der Waals surface area contributed by atoms with Crippen molar-refractivity contribution >= 4 is 49.4 Å². The summed E-state index contributed by atoms with van der Waals surface area (Å²) in [5.41, 5.74) is 4.57. The molecule has 0 N–H and O–H groups in total. The smallest absolute Gasteiger partial charge is 0.239 e. The number of imide groups is 1. The van der Waals surface area contributed by atoms with Crippen molar-refractivity contribution in [3.05, 3.63) is 89.0 Å². The average Bonchev–Trinajstić information content (AvgIpc) is 3.39. The highest BCUT2D eigenvalue weighted by Gasteiger charge is 2.72. The first-order valence-electron chi connectivity index (χ1n) is 10.3. The van der Waals surface area contributed by atoms with Crippen LogP contribution in [0.25, 0.3) is 0 Å². The molecule has 5 nitrogen and oxygen atoms in total. The van der Waals surface area contributed by atoms with Crippen LogP contribution in [0, 0.1) is 11.8 Å². The third kappa shape index (κ3) is 1.97. The van der Waals surface area contributed by atoms with Gasteiger partial charge in [0.1, 0.15) is 0 Å². The van der Waals surface area contributed by atoms with Gasteiger partial charge in [0.2, 0.25) is 18.6 Å². The van der Waals surface area contributed by atoms with E-state index in [0.717, 1.165) is 22.3 Å². The third-order valence-corrected chi connectivity index (χ3v) is 9.89. The lowest BCUT2D eigenvalue weighted by atomic mass is 9.54. The van der Waals surface area contributed by atoms with E-state index in [4.69, 9.17) is 9.47 Å². The van der Waals surface area contributed by atoms with Gasteiger partial charge in [-0.05, 0) is 34.4 Å². The van der Waals surface area contributed by atoms with Crippen molar-refractivity contribution in [3.8, 4) is 11.5 Å². The van der Waals surface area contributed by atoms with Crippen LogP contribution in [0.5, 0.6) is 11.5 Å². The van der Waals surface area contributed by atoms with E-state index < -0.39 is 20.5 Å². The number of ether oxygens (including phenoxy) is 2. The van der Waals surface area contributed by atoms with Crippen molar-refractivity contribution in [2.45, 2.75) is 8.65 Å². The number of carbonyl (C=O) groups is 2. The van der Waals surface area contributed by atoms with Gasteiger partial charge in [0.25, 0.3) is 0 Å². The molecule has 2 aliphatic heterocycles. The number of anilines is 1. The van der Waals surface area contributed by atoms with E-state index in [9.17, 15) is 9.59 Å². The molecule has 5 aliphatic rings. The number of hydrogen-bond donors (Lipinski definition) is 0. The summed E-state index contributed by atoms with van der Waals surface area (Å²) in [6, 6.07) is 21.3. The van der Waals surface area contributed by atoms with E-state index in [0.29, 0.717) is 17.2 Å². The van der Waals surface area contributed by atoms with Gasteiger partial charge in [-0.1, -0.05) is 80.4 Å². The fourth-order valence-corrected chi connectivity index (χ4v) is 8.25. The molecule has 1 saturated heterocycles. The fourth-order valence-electron chi connectivity index (χ4n) is 5.95. The van der Waals surface area contributed by atoms with Gasteiger partial charge in [-0.15, -0.1) is 0 Å². The lowest BCUT2D eigenvalue weighted by molar-refractivity contribution is -0.122. The SMILES string of the molecule is O=C1[C@H]2[C@H](C(=O)N1c1ccc3c(c1)OCO3)C1(Br)c3ccccc3C2(Br)c2ccccc21. The zero-order chi connectivity index (χ0) is 21.8. The second-order valence-corrected chi connectivity index (χ2v) is 11.0. The molecule has 3 aliphatic carbocycles. The largest absolute Gasteiger partial charge is 0.454 e. The number of alkyl halides is 2. The topological polar surface area (TPSA) is 55.8 Å². The van der Waals surface area contributed by atoms with E-state index >= 15 is 0 Å². The number of fused-ring (bicyclic) bond motifs is 1. The van der Waals surface area contributed by atoms with Crippen molar-refractivity contribution in [1.82, 2.24) is 0 Å². The second kappa shape index (κ2) is 6.02. The van der Waals surface area contributed by atoms with Gasteiger partial charge < -0.3 is 9.47 Å². The van der Waals surface area contributed by atoms with Crippen molar-refractivity contribution in [3.63, 3.8) is 0 Å². The molecule has 1 fully saturated rings. The van der Waals surface area contributed by atoms with Gasteiger partial charge >= 0.3 is 0 Å². The maximum absolute atomic E-state index is 14.0. The van der Waals surface area contributed by atoms with Crippen LogP contribution in [-0.4, -0.2) is 18.6 Å². The van der Waals surface area contributed by atoms with Crippen LogP contribution in [-0.2, 0) is 18.2 Å². The summed E-state index contributed by atoms with van der Waals surface area (Å²) in [5, 5.41) is 0. The first kappa shape index (κ1) is 18.9. The standard InChI is InChI=1S/C25H15Br2NO4/c26-24-14-5-1-2-6-15(14)25(27,17-8-4-3-7-16(17)24)21-20(24)22(29)28(23(21)30)13-9-10-18-19(11-13)32-12-31-18/h1-11,20-21H,12H2/t20-,21-,24?,25?/m1/s1. The average molecular weight is 553 g/mol. The molecule has 2 bridgehead atoms. The Morgan fingerprint density at radius 1 is 0.719 bits per heavy atom. The maximum Gasteiger partial charge on any atom is 0.239 e. The van der Waals surface area contributed by atoms with Crippen LogP contribution in [0.1, 0.15) is 22.3 Å². The van der Waals surface area contributed by atoms with E-state index in [1.54, 1.807) is 18.2 Å². The van der Waals surface area contributed by atoms with Gasteiger partial charge in [-0.3, -0.25) is 9.59 Å². The van der Waals surface area contributed by atoms with Crippen molar-refractivity contribution in [1.29, 1.82) is 0 Å². The Balaban J connectivity index is 1.49. The molecule has 0 spiro atoms. The first-order chi connectivity index (χ1) is 15.5. The molecule has 3 aromatic rings. The highest BCUT2D eigenvalue weighted by molar-refractivity contribution is 9.10. The molecule has 0 aromatic heterocycles. The highest BCUT2D eigenvalue weighted by Crippen LogP contribution is 2.70. The third-order valence-electron chi connectivity index (χ3n) is 7.20. The Labute approximate surface area is 200 Å². The Morgan fingerprint density at radius 3 is 1.69 bits per heavy atom. The van der Waals surface area contributed by atoms with Crippen LogP contribution in [0.2, 0.25) is 0 Å². The van der Waals surface area contributed by atoms with Crippen molar-refractivity contribution < 1.29 is 19.1 Å². The molecule has 0 saturated carbocycles. The van der Waals surface area contributed by atoms with Gasteiger partial charge in [-0.2, -0.15) is 0 Å². The number of amides is 2. The van der Waals surface area contributed by atoms with Crippen molar-refractivity contribution in [2.24, 2.45) is 11.8 Å². The van der Waals surface area contributed by atoms with E-state index in [2.05, 4.69) is 31.9 Å². The molecular weight excluding hydrogens is 538 g/mol. The first-order valence-corrected chi connectivity index (χ1v) is 11.9. The number of rotatable bonds is 1. The normalized spacial score (nSPS) is 30.9. The van der Waals surface area contributed by atoms with E-state index in [1.165, 1.54) is 4.90 Å². The van der Waals surface area contributed by atoms with Gasteiger partial charge in [0.15, 0.2) is 11.5 Å². The number of hydrogen-bond acceptors (Lipinski definition) is 4. The van der Waals surface area contributed by atoms with E-state index in [1.807, 2.05) is 48.5 Å². The Kier molecular flexibility index (Phi) is 3.56. The van der Waals surface area contributed by atoms with Crippen LogP contribution in [0.4, 0.5) is 5.69 Å². The quantitative estimate of drug-likeness (QED) is 0.321.